The fraction of sp³-hybridized carbons (Fsp3) is 0.167. The summed E-state index contributed by atoms with van der Waals surface area (Å²) in [5.41, 5.74) is 6.48. The van der Waals surface area contributed by atoms with E-state index in [1.54, 1.807) is 18.2 Å². The van der Waals surface area contributed by atoms with Crippen LogP contribution in [0.5, 0.6) is 11.5 Å². The highest BCUT2D eigenvalue weighted by atomic mass is 16.5. The first-order chi connectivity index (χ1) is 8.69. The van der Waals surface area contributed by atoms with Gasteiger partial charge in [-0.3, -0.25) is 0 Å². The van der Waals surface area contributed by atoms with E-state index in [9.17, 15) is 0 Å². The number of methoxy groups -OCH3 is 2. The minimum absolute atomic E-state index is 0.276. The van der Waals surface area contributed by atoms with E-state index in [1.165, 1.54) is 14.2 Å². The number of anilines is 1. The van der Waals surface area contributed by atoms with Gasteiger partial charge in [0.1, 0.15) is 6.07 Å². The van der Waals surface area contributed by atoms with Gasteiger partial charge in [0.25, 0.3) is 0 Å². The Morgan fingerprint density at radius 1 is 1.28 bits per heavy atom. The Balaban J connectivity index is 2.61. The topological polar surface area (TPSA) is 94.3 Å². The molecule has 0 unspecified atom stereocenters. The van der Waals surface area contributed by atoms with E-state index in [0.717, 1.165) is 0 Å². The first kappa shape index (κ1) is 11.8. The Hall–Kier alpha value is -2.68. The zero-order valence-electron chi connectivity index (χ0n) is 9.93. The lowest BCUT2D eigenvalue weighted by Crippen LogP contribution is -1.94. The van der Waals surface area contributed by atoms with Crippen molar-refractivity contribution in [1.82, 2.24) is 5.16 Å². The predicted molar refractivity (Wildman–Crippen MR) is 64.2 cm³/mol. The molecule has 1 heterocycles. The normalized spacial score (nSPS) is 9.83. The SMILES string of the molecule is COc1cc(-c2cc(N)no2)cc(C#N)c1OC. The van der Waals surface area contributed by atoms with Gasteiger partial charge in [-0.25, -0.2) is 0 Å². The second kappa shape index (κ2) is 4.67. The van der Waals surface area contributed by atoms with Gasteiger partial charge in [0.15, 0.2) is 23.1 Å². The number of nitrogens with zero attached hydrogens (tertiary/aromatic N) is 2. The third kappa shape index (κ3) is 1.94. The number of nitriles is 1. The van der Waals surface area contributed by atoms with Gasteiger partial charge in [0.05, 0.1) is 19.8 Å². The molecule has 0 radical (unpaired) electrons. The van der Waals surface area contributed by atoms with Gasteiger partial charge in [-0.2, -0.15) is 5.26 Å². The number of hydrogen-bond donors (Lipinski definition) is 1. The summed E-state index contributed by atoms with van der Waals surface area (Å²) in [6, 6.07) is 6.93. The van der Waals surface area contributed by atoms with Crippen molar-refractivity contribution in [2.24, 2.45) is 0 Å². The maximum atomic E-state index is 9.09. The number of aromatic nitrogens is 1. The molecule has 6 nitrogen and oxygen atoms in total. The van der Waals surface area contributed by atoms with Crippen LogP contribution in [0.4, 0.5) is 5.82 Å². The molecule has 0 saturated heterocycles. The van der Waals surface area contributed by atoms with Gasteiger partial charge in [-0.15, -0.1) is 0 Å². The summed E-state index contributed by atoms with van der Waals surface area (Å²) in [7, 11) is 2.97. The quantitative estimate of drug-likeness (QED) is 0.886. The molecule has 0 spiro atoms. The van der Waals surface area contributed by atoms with Gasteiger partial charge in [-0.1, -0.05) is 5.16 Å². The molecule has 1 aromatic carbocycles. The summed E-state index contributed by atoms with van der Waals surface area (Å²) in [6.07, 6.45) is 0. The van der Waals surface area contributed by atoms with E-state index in [1.807, 2.05) is 6.07 Å². The number of benzene rings is 1. The highest BCUT2D eigenvalue weighted by Gasteiger charge is 2.15. The molecule has 2 rings (SSSR count). The van der Waals surface area contributed by atoms with Crippen molar-refractivity contribution in [3.8, 4) is 28.9 Å². The molecule has 92 valence electrons. The van der Waals surface area contributed by atoms with Crippen molar-refractivity contribution < 1.29 is 14.0 Å². The smallest absolute Gasteiger partial charge is 0.178 e. The Morgan fingerprint density at radius 2 is 2.06 bits per heavy atom. The average molecular weight is 245 g/mol. The lowest BCUT2D eigenvalue weighted by atomic mass is 10.1. The summed E-state index contributed by atoms with van der Waals surface area (Å²) >= 11 is 0. The van der Waals surface area contributed by atoms with Gasteiger partial charge < -0.3 is 19.7 Å². The minimum atomic E-state index is 0.276. The molecular weight excluding hydrogens is 234 g/mol. The first-order valence-corrected chi connectivity index (χ1v) is 5.08. The van der Waals surface area contributed by atoms with Crippen LogP contribution in [0.15, 0.2) is 22.7 Å². The van der Waals surface area contributed by atoms with Gasteiger partial charge in [-0.05, 0) is 12.1 Å². The largest absolute Gasteiger partial charge is 0.493 e. The number of ether oxygens (including phenoxy) is 2. The van der Waals surface area contributed by atoms with Crippen molar-refractivity contribution in [1.29, 1.82) is 5.26 Å². The molecule has 0 atom stereocenters. The Morgan fingerprint density at radius 3 is 2.56 bits per heavy atom. The number of nitrogens with two attached hydrogens (primary N) is 1. The lowest BCUT2D eigenvalue weighted by molar-refractivity contribution is 0.354. The van der Waals surface area contributed by atoms with Crippen molar-refractivity contribution in [2.45, 2.75) is 0 Å². The Kier molecular flexibility index (Phi) is 3.06. The molecule has 0 amide bonds. The fourth-order valence-corrected chi connectivity index (χ4v) is 1.61. The summed E-state index contributed by atoms with van der Waals surface area (Å²) in [4.78, 5) is 0. The minimum Gasteiger partial charge on any atom is -0.493 e. The van der Waals surface area contributed by atoms with Crippen LogP contribution in [0.1, 0.15) is 5.56 Å². The van der Waals surface area contributed by atoms with E-state index in [-0.39, 0.29) is 5.82 Å². The summed E-state index contributed by atoms with van der Waals surface area (Å²) in [5.74, 6) is 1.57. The predicted octanol–water partition coefficient (Wildman–Crippen LogP) is 1.81. The number of rotatable bonds is 3. The standard InChI is InChI=1S/C12H11N3O3/c1-16-10-4-7(9-5-11(14)15-18-9)3-8(6-13)12(10)17-2/h3-5H,1-2H3,(H2,14,15). The summed E-state index contributed by atoms with van der Waals surface area (Å²) in [6.45, 7) is 0. The molecule has 1 aromatic heterocycles. The summed E-state index contributed by atoms with van der Waals surface area (Å²) in [5, 5.41) is 12.7. The van der Waals surface area contributed by atoms with Crippen LogP contribution in [-0.4, -0.2) is 19.4 Å². The number of nitrogen functional groups attached to an aromatic ring is 1. The van der Waals surface area contributed by atoms with E-state index in [2.05, 4.69) is 5.16 Å². The molecule has 0 bridgehead atoms. The highest BCUT2D eigenvalue weighted by Crippen LogP contribution is 2.36. The monoisotopic (exact) mass is 245 g/mol. The van der Waals surface area contributed by atoms with Crippen molar-refractivity contribution in [3.63, 3.8) is 0 Å². The van der Waals surface area contributed by atoms with Crippen molar-refractivity contribution in [2.75, 3.05) is 20.0 Å². The molecule has 6 heteroatoms. The molecule has 0 aliphatic heterocycles. The van der Waals surface area contributed by atoms with Crippen molar-refractivity contribution in [3.05, 3.63) is 23.8 Å². The molecule has 0 aliphatic rings. The average Bonchev–Trinajstić information content (AvgIpc) is 2.83. The van der Waals surface area contributed by atoms with Crippen LogP contribution in [0.3, 0.4) is 0 Å². The maximum Gasteiger partial charge on any atom is 0.178 e. The summed E-state index contributed by atoms with van der Waals surface area (Å²) < 4.78 is 15.4. The van der Waals surface area contributed by atoms with Crippen LogP contribution in [0, 0.1) is 11.3 Å². The molecule has 2 aromatic rings. The molecule has 18 heavy (non-hydrogen) atoms. The Labute approximate surface area is 104 Å². The number of hydrogen-bond acceptors (Lipinski definition) is 6. The third-order valence-corrected chi connectivity index (χ3v) is 2.41. The fourth-order valence-electron chi connectivity index (χ4n) is 1.61. The second-order valence-electron chi connectivity index (χ2n) is 3.49. The van der Waals surface area contributed by atoms with Gasteiger partial charge in [0.2, 0.25) is 0 Å². The van der Waals surface area contributed by atoms with E-state index >= 15 is 0 Å². The van der Waals surface area contributed by atoms with E-state index in [0.29, 0.717) is 28.4 Å². The molecule has 0 saturated carbocycles. The van der Waals surface area contributed by atoms with Crippen LogP contribution in [0.2, 0.25) is 0 Å². The van der Waals surface area contributed by atoms with Crippen molar-refractivity contribution >= 4 is 5.82 Å². The molecule has 0 aliphatic carbocycles. The molecular formula is C12H11N3O3. The van der Waals surface area contributed by atoms with E-state index in [4.69, 9.17) is 25.0 Å². The van der Waals surface area contributed by atoms with Crippen LogP contribution in [0.25, 0.3) is 11.3 Å². The van der Waals surface area contributed by atoms with E-state index < -0.39 is 0 Å². The second-order valence-corrected chi connectivity index (χ2v) is 3.49. The molecule has 0 fully saturated rings. The highest BCUT2D eigenvalue weighted by molar-refractivity contribution is 5.68. The van der Waals surface area contributed by atoms with Crippen LogP contribution >= 0.6 is 0 Å². The maximum absolute atomic E-state index is 9.09. The van der Waals surface area contributed by atoms with Crippen LogP contribution < -0.4 is 15.2 Å². The Bertz CT molecular complexity index is 614. The first-order valence-electron chi connectivity index (χ1n) is 5.08. The van der Waals surface area contributed by atoms with Crippen LogP contribution in [-0.2, 0) is 0 Å². The molecule has 2 N–H and O–H groups in total. The van der Waals surface area contributed by atoms with Gasteiger partial charge >= 0.3 is 0 Å². The zero-order valence-corrected chi connectivity index (χ0v) is 9.93. The lowest BCUT2D eigenvalue weighted by Gasteiger charge is -2.10. The third-order valence-electron chi connectivity index (χ3n) is 2.41. The zero-order chi connectivity index (χ0) is 13.1. The van der Waals surface area contributed by atoms with Gasteiger partial charge in [0, 0.05) is 11.6 Å².